The summed E-state index contributed by atoms with van der Waals surface area (Å²) < 4.78 is 19.9. The third kappa shape index (κ3) is 3.85. The molecule has 0 aliphatic carbocycles. The number of rotatable bonds is 4. The van der Waals surface area contributed by atoms with Crippen LogP contribution in [0, 0.1) is 19.7 Å². The fraction of sp³-hybridized carbons (Fsp3) is 0.148. The maximum Gasteiger partial charge on any atom is 0.301 e. The number of Topliss-reactive ketones (excluding diaryl/α,β-unsaturated/α-hetero) is 1. The Kier molecular flexibility index (Phi) is 5.61. The molecule has 1 aliphatic heterocycles. The van der Waals surface area contributed by atoms with Gasteiger partial charge >= 0.3 is 5.91 Å². The first-order chi connectivity index (χ1) is 16.8. The topological polar surface area (TPSA) is 79.7 Å². The number of methoxy groups -OCH3 is 1. The molecular weight excluding hydrogens is 467 g/mol. The maximum absolute atomic E-state index is 13.7. The summed E-state index contributed by atoms with van der Waals surface area (Å²) in [6.07, 6.45) is 0. The summed E-state index contributed by atoms with van der Waals surface area (Å²) in [4.78, 5) is 32.5. The first-order valence-corrected chi connectivity index (χ1v) is 11.7. The molecule has 0 saturated carbocycles. The second-order valence-corrected chi connectivity index (χ2v) is 9.38. The van der Waals surface area contributed by atoms with Gasteiger partial charge in [-0.15, -0.1) is 0 Å². The first kappa shape index (κ1) is 22.7. The maximum atomic E-state index is 13.7. The molecule has 0 spiro atoms. The van der Waals surface area contributed by atoms with Crippen molar-refractivity contribution in [3.8, 4) is 5.75 Å². The minimum Gasteiger partial charge on any atom is -0.507 e. The van der Waals surface area contributed by atoms with Gasteiger partial charge in [0.05, 0.1) is 28.9 Å². The number of benzene rings is 3. The van der Waals surface area contributed by atoms with E-state index in [0.29, 0.717) is 27.5 Å². The van der Waals surface area contributed by atoms with Crippen molar-refractivity contribution >= 4 is 44.1 Å². The van der Waals surface area contributed by atoms with E-state index >= 15 is 0 Å². The predicted octanol–water partition coefficient (Wildman–Crippen LogP) is 5.69. The Morgan fingerprint density at radius 3 is 2.49 bits per heavy atom. The summed E-state index contributed by atoms with van der Waals surface area (Å²) >= 11 is 1.28. The normalized spacial score (nSPS) is 17.4. The number of ether oxygens (including phenoxy) is 1. The molecule has 1 unspecified atom stereocenters. The number of hydrogen-bond acceptors (Lipinski definition) is 6. The SMILES string of the molecule is COc1ccc(C(O)=C2C(=O)C(=O)N(c3nc4ccc(C)cc4s3)C2c2ccc(F)cc2)cc1C. The van der Waals surface area contributed by atoms with Crippen LogP contribution in [0.4, 0.5) is 9.52 Å². The summed E-state index contributed by atoms with van der Waals surface area (Å²) in [5.41, 5.74) is 3.26. The Balaban J connectivity index is 1.72. The van der Waals surface area contributed by atoms with Crippen molar-refractivity contribution in [1.29, 1.82) is 0 Å². The summed E-state index contributed by atoms with van der Waals surface area (Å²) in [6.45, 7) is 3.77. The van der Waals surface area contributed by atoms with Gasteiger partial charge < -0.3 is 9.84 Å². The highest BCUT2D eigenvalue weighted by Crippen LogP contribution is 2.44. The molecule has 2 heterocycles. The van der Waals surface area contributed by atoms with Gasteiger partial charge in [-0.25, -0.2) is 9.37 Å². The van der Waals surface area contributed by atoms with E-state index in [1.165, 1.54) is 40.5 Å². The monoisotopic (exact) mass is 488 g/mol. The van der Waals surface area contributed by atoms with Gasteiger partial charge in [-0.2, -0.15) is 0 Å². The van der Waals surface area contributed by atoms with Crippen molar-refractivity contribution in [2.24, 2.45) is 0 Å². The lowest BCUT2D eigenvalue weighted by Gasteiger charge is -2.23. The fourth-order valence-corrected chi connectivity index (χ4v) is 5.38. The van der Waals surface area contributed by atoms with Gasteiger partial charge in [-0.3, -0.25) is 14.5 Å². The van der Waals surface area contributed by atoms with E-state index in [9.17, 15) is 19.1 Å². The number of thiazole rings is 1. The van der Waals surface area contributed by atoms with E-state index in [-0.39, 0.29) is 11.3 Å². The number of anilines is 1. The van der Waals surface area contributed by atoms with Crippen molar-refractivity contribution in [1.82, 2.24) is 4.98 Å². The number of aliphatic hydroxyl groups is 1. The second-order valence-electron chi connectivity index (χ2n) is 8.37. The van der Waals surface area contributed by atoms with Crippen LogP contribution in [-0.2, 0) is 9.59 Å². The quantitative estimate of drug-likeness (QED) is 0.227. The lowest BCUT2D eigenvalue weighted by Crippen LogP contribution is -2.29. The van der Waals surface area contributed by atoms with E-state index in [4.69, 9.17) is 4.74 Å². The van der Waals surface area contributed by atoms with Crippen LogP contribution in [0.5, 0.6) is 5.75 Å². The van der Waals surface area contributed by atoms with Crippen molar-refractivity contribution in [2.75, 3.05) is 12.0 Å². The molecule has 1 fully saturated rings. The van der Waals surface area contributed by atoms with Crippen molar-refractivity contribution < 1.29 is 23.8 Å². The van der Waals surface area contributed by atoms with Crippen LogP contribution in [-0.4, -0.2) is 28.9 Å². The molecule has 3 aromatic carbocycles. The number of carbonyl (C=O) groups is 2. The van der Waals surface area contributed by atoms with Gasteiger partial charge in [-0.05, 0) is 73.0 Å². The van der Waals surface area contributed by atoms with Crippen LogP contribution < -0.4 is 9.64 Å². The first-order valence-electron chi connectivity index (χ1n) is 10.9. The minimum absolute atomic E-state index is 0.0818. The summed E-state index contributed by atoms with van der Waals surface area (Å²) in [7, 11) is 1.54. The average molecular weight is 489 g/mol. The molecule has 176 valence electrons. The van der Waals surface area contributed by atoms with E-state index in [1.54, 1.807) is 25.3 Å². The largest absolute Gasteiger partial charge is 0.507 e. The van der Waals surface area contributed by atoms with Crippen LogP contribution in [0.2, 0.25) is 0 Å². The Hall–Kier alpha value is -4.04. The van der Waals surface area contributed by atoms with Gasteiger partial charge in [0, 0.05) is 5.56 Å². The standard InChI is InChI=1S/C27H21FN2O4S/c1-14-4-10-19-21(12-14)35-27(29-19)30-23(16-5-8-18(28)9-6-16)22(25(32)26(30)33)24(31)17-7-11-20(34-3)15(2)13-17/h4-13,23,31H,1-3H3. The number of aliphatic hydroxyl groups excluding tert-OH is 1. The van der Waals surface area contributed by atoms with Crippen LogP contribution in [0.15, 0.2) is 66.2 Å². The lowest BCUT2D eigenvalue weighted by atomic mass is 9.95. The third-order valence-electron chi connectivity index (χ3n) is 6.04. The number of aryl methyl sites for hydroxylation is 2. The van der Waals surface area contributed by atoms with Crippen molar-refractivity contribution in [3.63, 3.8) is 0 Å². The Morgan fingerprint density at radius 2 is 1.80 bits per heavy atom. The number of amides is 1. The van der Waals surface area contributed by atoms with Gasteiger partial charge in [0.25, 0.3) is 5.78 Å². The highest BCUT2D eigenvalue weighted by Gasteiger charge is 2.48. The Labute approximate surface area is 204 Å². The third-order valence-corrected chi connectivity index (χ3v) is 7.05. The highest BCUT2D eigenvalue weighted by atomic mass is 32.1. The van der Waals surface area contributed by atoms with Gasteiger partial charge in [0.15, 0.2) is 5.13 Å². The molecule has 8 heteroatoms. The Bertz CT molecular complexity index is 1520. The number of fused-ring (bicyclic) bond motifs is 1. The van der Waals surface area contributed by atoms with Gasteiger partial charge in [0.1, 0.15) is 17.3 Å². The molecule has 4 aromatic rings. The molecular formula is C27H21FN2O4S. The van der Waals surface area contributed by atoms with Gasteiger partial charge in [0.2, 0.25) is 0 Å². The highest BCUT2D eigenvalue weighted by molar-refractivity contribution is 7.22. The average Bonchev–Trinajstić information content (AvgIpc) is 3.37. The smallest absolute Gasteiger partial charge is 0.301 e. The van der Waals surface area contributed by atoms with Crippen LogP contribution in [0.3, 0.4) is 0 Å². The molecule has 6 nitrogen and oxygen atoms in total. The molecule has 1 saturated heterocycles. The molecule has 35 heavy (non-hydrogen) atoms. The number of aromatic nitrogens is 1. The minimum atomic E-state index is -0.973. The number of ketones is 1. The molecule has 1 amide bonds. The van der Waals surface area contributed by atoms with Crippen LogP contribution >= 0.6 is 11.3 Å². The zero-order chi connectivity index (χ0) is 24.9. The summed E-state index contributed by atoms with van der Waals surface area (Å²) in [5, 5.41) is 11.6. The molecule has 1 N–H and O–H groups in total. The second kappa shape index (κ2) is 8.63. The summed E-state index contributed by atoms with van der Waals surface area (Å²) in [5.74, 6) is -1.78. The summed E-state index contributed by atoms with van der Waals surface area (Å²) in [6, 6.07) is 15.3. The Morgan fingerprint density at radius 1 is 1.06 bits per heavy atom. The molecule has 0 bridgehead atoms. The molecule has 1 aliphatic rings. The van der Waals surface area contributed by atoms with Crippen LogP contribution in [0.25, 0.3) is 16.0 Å². The van der Waals surface area contributed by atoms with Crippen LogP contribution in [0.1, 0.15) is 28.3 Å². The van der Waals surface area contributed by atoms with E-state index in [1.807, 2.05) is 32.0 Å². The number of carbonyl (C=O) groups excluding carboxylic acids is 2. The molecule has 1 atom stereocenters. The zero-order valence-electron chi connectivity index (χ0n) is 19.2. The lowest BCUT2D eigenvalue weighted by molar-refractivity contribution is -0.132. The van der Waals surface area contributed by atoms with E-state index in [0.717, 1.165) is 15.8 Å². The molecule has 0 radical (unpaired) electrons. The number of halogens is 1. The van der Waals surface area contributed by atoms with Crippen molar-refractivity contribution in [3.05, 3.63) is 94.3 Å². The zero-order valence-corrected chi connectivity index (χ0v) is 20.0. The number of hydrogen-bond donors (Lipinski definition) is 1. The predicted molar refractivity (Wildman–Crippen MR) is 133 cm³/mol. The van der Waals surface area contributed by atoms with Crippen molar-refractivity contribution in [2.45, 2.75) is 19.9 Å². The fourth-order valence-electron chi connectivity index (χ4n) is 4.29. The van der Waals surface area contributed by atoms with E-state index in [2.05, 4.69) is 4.98 Å². The van der Waals surface area contributed by atoms with Gasteiger partial charge in [-0.1, -0.05) is 29.5 Å². The van der Waals surface area contributed by atoms with E-state index < -0.39 is 23.5 Å². The molecule has 1 aromatic heterocycles. The number of nitrogens with zero attached hydrogens (tertiary/aromatic N) is 2. The molecule has 5 rings (SSSR count).